The van der Waals surface area contributed by atoms with E-state index < -0.39 is 59.6 Å². The van der Waals surface area contributed by atoms with Gasteiger partial charge in [0.2, 0.25) is 23.6 Å². The van der Waals surface area contributed by atoms with Crippen LogP contribution in [0.3, 0.4) is 0 Å². The van der Waals surface area contributed by atoms with Crippen LogP contribution in [0.2, 0.25) is 0 Å². The molecule has 4 aromatic rings. The number of cyclic esters (lactones) is 1. The lowest BCUT2D eigenvalue weighted by Gasteiger charge is -2.42. The van der Waals surface area contributed by atoms with E-state index in [-0.39, 0.29) is 131 Å². The maximum atomic E-state index is 15.3. The average molecular weight is 1480 g/mol. The van der Waals surface area contributed by atoms with Crippen LogP contribution >= 0.6 is 0 Å². The van der Waals surface area contributed by atoms with Gasteiger partial charge in [0.15, 0.2) is 17.2 Å². The SMILES string of the molecule is CC[C@@]1(O)C(=O)OCc2c1cc1n(c2=O)Cc2c-1nc1cc(F)c(OC)cc1c2CN1CC[N+](C)(Cc2ccc(NC(=O)OCCOCCOCCOCCOCCOCCOCCOCCNC(=O)CC[C@H](NC(=O)CCCN3C(=O)C=CC3=O)C(=O)NCCCC(=O)NC(C)C)cc2)CC1.O=C[O-]. The number of likely N-dealkylation sites (N-methyl/N-ethyl adjacent to an activating group) is 1. The molecule has 2 aromatic heterocycles. The number of methoxy groups -OCH3 is 1. The summed E-state index contributed by atoms with van der Waals surface area (Å²) in [5, 5.41) is 34.0. The van der Waals surface area contributed by atoms with Crippen molar-refractivity contribution in [3.63, 3.8) is 0 Å². The number of aromatic nitrogens is 2. The summed E-state index contributed by atoms with van der Waals surface area (Å²) in [5.74, 6) is -3.67. The van der Waals surface area contributed by atoms with E-state index in [1.54, 1.807) is 23.6 Å². The van der Waals surface area contributed by atoms with Gasteiger partial charge in [-0.05, 0) is 69.4 Å². The molecular weight excluding hydrogens is 1380 g/mol. The number of fused-ring (bicyclic) bond motifs is 5. The van der Waals surface area contributed by atoms with Crippen LogP contribution in [0.15, 0.2) is 59.4 Å². The average Bonchev–Trinajstić information content (AvgIpc) is 1.58. The van der Waals surface area contributed by atoms with Gasteiger partial charge in [0.25, 0.3) is 17.4 Å². The highest BCUT2D eigenvalue weighted by atomic mass is 19.1. The van der Waals surface area contributed by atoms with Crippen LogP contribution in [0.25, 0.3) is 22.3 Å². The van der Waals surface area contributed by atoms with E-state index in [0.29, 0.717) is 120 Å². The second-order valence-corrected chi connectivity index (χ2v) is 25.8. The van der Waals surface area contributed by atoms with Crippen molar-refractivity contribution in [2.75, 3.05) is 164 Å². The third-order valence-corrected chi connectivity index (χ3v) is 17.7. The number of hydrogen-bond acceptors (Lipinski definition) is 24. The Morgan fingerprint density at radius 3 is 1.90 bits per heavy atom. The first-order valence-corrected chi connectivity index (χ1v) is 35.3. The molecule has 7 amide bonds. The molecule has 1 fully saturated rings. The lowest BCUT2D eigenvalue weighted by Crippen LogP contribution is -2.56. The van der Waals surface area contributed by atoms with Gasteiger partial charge in [0, 0.05) is 117 Å². The lowest BCUT2D eigenvalue weighted by molar-refractivity contribution is -0.926. The van der Waals surface area contributed by atoms with Gasteiger partial charge in [0.1, 0.15) is 25.8 Å². The molecule has 0 spiro atoms. The maximum Gasteiger partial charge on any atom is 0.411 e. The fourth-order valence-corrected chi connectivity index (χ4v) is 12.1. The second kappa shape index (κ2) is 42.9. The zero-order chi connectivity index (χ0) is 75.7. The molecule has 1 saturated heterocycles. The van der Waals surface area contributed by atoms with Crippen LogP contribution in [0, 0.1) is 5.82 Å². The first-order chi connectivity index (χ1) is 50.6. The highest BCUT2D eigenvalue weighted by Crippen LogP contribution is 2.42. The van der Waals surface area contributed by atoms with Crippen LogP contribution in [0.1, 0.15) is 93.5 Å². The second-order valence-electron chi connectivity index (χ2n) is 25.8. The molecule has 4 aliphatic heterocycles. The topological polar surface area (TPSA) is 391 Å². The quantitative estimate of drug-likeness (QED) is 0.0105. The minimum absolute atomic E-state index is 0.00807. The fourth-order valence-electron chi connectivity index (χ4n) is 12.1. The molecule has 0 radical (unpaired) electrons. The number of hydrogen-bond donors (Lipinski definition) is 6. The van der Waals surface area contributed by atoms with Gasteiger partial charge in [-0.3, -0.25) is 48.7 Å². The molecule has 0 saturated carbocycles. The van der Waals surface area contributed by atoms with Gasteiger partial charge in [0.05, 0.1) is 149 Å². The largest absolute Gasteiger partial charge is 0.554 e. The standard InChI is InChI=1S/C71H97FN10O20.CH2O2/c1-6-71(92)55-42-59-66-53(45-81(59)68(89)54(55)47-102-69(71)90)52(51-41-60(93-5)56(72)43-58(51)78-66)44-79-22-24-82(4,25-23-79)46-49-11-13-50(14-12-49)76-70(91)101-40-39-100-38-37-99-36-35-98-34-33-97-32-31-96-30-29-95-28-27-94-26-20-73-61(83)16-15-57(67(88)74-19-7-9-62(84)75-48(2)3)77-63(85)10-8-21-80-64(86)17-18-65(80)87;2-1-3/h11-14,17-18,41-43,48,57,92H,6-10,15-16,19-40,44-47H2,1-5H3,(H4-,73,74,75,76,77,83,84,85,88,91);1H,(H,2,3)/t57-,71-;/m0./s1. The molecule has 6 heterocycles. The van der Waals surface area contributed by atoms with Gasteiger partial charge in [-0.2, -0.15) is 0 Å². The molecule has 2 atom stereocenters. The van der Waals surface area contributed by atoms with Crippen molar-refractivity contribution < 1.29 is 110 Å². The van der Waals surface area contributed by atoms with Gasteiger partial charge < -0.3 is 92.7 Å². The molecule has 2 aromatic carbocycles. The van der Waals surface area contributed by atoms with E-state index in [0.717, 1.165) is 70.9 Å². The van der Waals surface area contributed by atoms with Gasteiger partial charge in [-0.1, -0.05) is 19.1 Å². The number of imide groups is 1. The number of quaternary nitrogens is 1. The summed E-state index contributed by atoms with van der Waals surface area (Å²) in [6.45, 7) is 14.4. The zero-order valence-electron chi connectivity index (χ0n) is 60.4. The number of ether oxygens (including phenoxy) is 10. The molecule has 33 heteroatoms. The molecule has 0 bridgehead atoms. The van der Waals surface area contributed by atoms with E-state index in [1.807, 2.05) is 38.1 Å². The van der Waals surface area contributed by atoms with E-state index in [1.165, 1.54) is 13.2 Å². The molecule has 8 rings (SSSR count). The van der Waals surface area contributed by atoms with Crippen LogP contribution in [-0.2, 0) is 113 Å². The number of halogens is 1. The number of benzene rings is 2. The number of rotatable bonds is 45. The Kier molecular flexibility index (Phi) is 34.1. The van der Waals surface area contributed by atoms with Crippen molar-refractivity contribution in [2.45, 2.75) is 110 Å². The van der Waals surface area contributed by atoms with E-state index in [9.17, 15) is 48.3 Å². The zero-order valence-corrected chi connectivity index (χ0v) is 60.4. The molecule has 4 aliphatic rings. The predicted octanol–water partition coefficient (Wildman–Crippen LogP) is 1.23. The van der Waals surface area contributed by atoms with Gasteiger partial charge in [-0.25, -0.2) is 19.0 Å². The highest BCUT2D eigenvalue weighted by molar-refractivity contribution is 6.12. The van der Waals surface area contributed by atoms with Crippen molar-refractivity contribution in [3.05, 3.63) is 98.6 Å². The van der Waals surface area contributed by atoms with E-state index in [4.69, 9.17) is 62.3 Å². The number of carbonyl (C=O) groups is 9. The Labute approximate surface area is 608 Å². The number of carbonyl (C=O) groups excluding carboxylic acids is 9. The molecule has 32 nitrogen and oxygen atoms in total. The summed E-state index contributed by atoms with van der Waals surface area (Å²) in [4.78, 5) is 130. The Morgan fingerprint density at radius 1 is 0.743 bits per heavy atom. The number of nitrogens with one attached hydrogen (secondary N) is 5. The first-order valence-electron chi connectivity index (χ1n) is 35.3. The van der Waals surface area contributed by atoms with Crippen molar-refractivity contribution in [2.24, 2.45) is 0 Å². The summed E-state index contributed by atoms with van der Waals surface area (Å²) in [6.07, 6.45) is 2.41. The number of aliphatic hydroxyl groups is 1. The van der Waals surface area contributed by atoms with Crippen LogP contribution in [0.4, 0.5) is 14.9 Å². The van der Waals surface area contributed by atoms with Gasteiger partial charge >= 0.3 is 12.1 Å². The summed E-state index contributed by atoms with van der Waals surface area (Å²) < 4.78 is 72.4. The van der Waals surface area contributed by atoms with E-state index in [2.05, 4.69) is 38.5 Å². The molecule has 0 aliphatic carbocycles. The monoisotopic (exact) mass is 1470 g/mol. The number of piperazine rings is 1. The first kappa shape index (κ1) is 83.4. The number of carboxylic acid groups (broad SMARTS) is 1. The molecule has 0 unspecified atom stereocenters. The minimum atomic E-state index is -1.98. The Balaban J connectivity index is 0.00000504. The molecule has 6 N–H and O–H groups in total. The number of anilines is 1. The fraction of sp³-hybridized carbons (Fsp3) is 0.569. The predicted molar refractivity (Wildman–Crippen MR) is 374 cm³/mol. The molecule has 105 heavy (non-hydrogen) atoms. The van der Waals surface area contributed by atoms with Crippen molar-refractivity contribution >= 4 is 70.6 Å². The third kappa shape index (κ3) is 25.7. The van der Waals surface area contributed by atoms with Crippen molar-refractivity contribution in [1.29, 1.82) is 0 Å². The van der Waals surface area contributed by atoms with Crippen LogP contribution in [-0.4, -0.2) is 254 Å². The van der Waals surface area contributed by atoms with Crippen LogP contribution in [0.5, 0.6) is 5.75 Å². The Hall–Kier alpha value is -8.90. The number of esters is 1. The Bertz CT molecular complexity index is 3660. The third-order valence-electron chi connectivity index (χ3n) is 17.7. The van der Waals surface area contributed by atoms with Crippen LogP contribution < -0.4 is 42.0 Å². The number of pyridine rings is 2. The van der Waals surface area contributed by atoms with Crippen molar-refractivity contribution in [1.82, 2.24) is 40.6 Å². The summed E-state index contributed by atoms with van der Waals surface area (Å²) >= 11 is 0. The molecular formula is C72H99FN10O22. The molecule has 576 valence electrons. The summed E-state index contributed by atoms with van der Waals surface area (Å²) in [5.41, 5.74) is 2.86. The summed E-state index contributed by atoms with van der Waals surface area (Å²) in [7, 11) is 3.63. The number of amides is 7. The lowest BCUT2D eigenvalue weighted by atomic mass is 9.86. The minimum Gasteiger partial charge on any atom is -0.554 e. The number of nitrogens with zero attached hydrogens (tertiary/aromatic N) is 5. The normalized spacial score (nSPS) is 16.0. The summed E-state index contributed by atoms with van der Waals surface area (Å²) in [6, 6.07) is 11.3. The van der Waals surface area contributed by atoms with E-state index >= 15 is 4.39 Å². The highest BCUT2D eigenvalue weighted by Gasteiger charge is 2.46. The Morgan fingerprint density at radius 2 is 1.31 bits per heavy atom. The smallest absolute Gasteiger partial charge is 0.411 e. The van der Waals surface area contributed by atoms with Crippen molar-refractivity contribution in [3.8, 4) is 17.1 Å². The maximum absolute atomic E-state index is 15.3. The van der Waals surface area contributed by atoms with Gasteiger partial charge in [-0.15, -0.1) is 0 Å².